The first-order chi connectivity index (χ1) is 3.56. The van der Waals surface area contributed by atoms with Crippen LogP contribution in [0.4, 0.5) is 0 Å². The fraction of sp³-hybridized carbons (Fsp3) is 1.00. The van der Waals surface area contributed by atoms with E-state index in [2.05, 4.69) is 19.6 Å². The number of unbranched alkanes of at least 4 members (excludes halogenated alkanes) is 1. The summed E-state index contributed by atoms with van der Waals surface area (Å²) >= 11 is 0.769. The van der Waals surface area contributed by atoms with Crippen molar-refractivity contribution in [3.63, 3.8) is 0 Å². The zero-order chi connectivity index (χ0) is 6.62. The van der Waals surface area contributed by atoms with Gasteiger partial charge >= 0.3 is 68.7 Å². The molecule has 0 unspecified atom stereocenters. The molecule has 0 N–H and O–H groups in total. The Labute approximate surface area is 68.0 Å². The van der Waals surface area contributed by atoms with E-state index in [-0.39, 0.29) is 0 Å². The molecule has 0 nitrogen and oxygen atoms in total. The molecule has 4 heteroatoms. The van der Waals surface area contributed by atoms with Gasteiger partial charge in [0.1, 0.15) is 0 Å². The molecule has 0 aromatic rings. The summed E-state index contributed by atoms with van der Waals surface area (Å²) in [5.74, 6) is 0. The summed E-state index contributed by atoms with van der Waals surface area (Å²) in [5, 5.41) is 0. The molecule has 0 atom stereocenters. The zero-order valence-electron chi connectivity index (χ0n) is 4.76. The molecule has 0 aliphatic carbocycles. The molecule has 0 fully saturated rings. The second kappa shape index (κ2) is 4.64. The topological polar surface area (TPSA) is 0 Å². The van der Waals surface area contributed by atoms with Crippen molar-refractivity contribution in [2.75, 3.05) is 0 Å². The number of hydrogen-bond donors (Lipinski definition) is 0. The molecule has 0 bridgehead atoms. The molecule has 0 aromatic heterocycles. The van der Waals surface area contributed by atoms with E-state index in [0.29, 0.717) is 0 Å². The Balaban J connectivity index is 3.11. The summed E-state index contributed by atoms with van der Waals surface area (Å²) < 4.78 is 1.02. The summed E-state index contributed by atoms with van der Waals surface area (Å²) in [6, 6.07) is 0. The van der Waals surface area contributed by atoms with Gasteiger partial charge in [-0.3, -0.25) is 0 Å². The Bertz CT molecular complexity index is 61.5. The van der Waals surface area contributed by atoms with Gasteiger partial charge in [-0.1, -0.05) is 0 Å². The normalized spacial score (nSPS) is 12.0. The van der Waals surface area contributed by atoms with Gasteiger partial charge in [0.15, 0.2) is 0 Å². The van der Waals surface area contributed by atoms with Gasteiger partial charge in [-0.25, -0.2) is 0 Å². The van der Waals surface area contributed by atoms with Crippen molar-refractivity contribution in [1.29, 1.82) is 0 Å². The Morgan fingerprint density at radius 1 is 1.50 bits per heavy atom. The molecular formula is C4H9BrCl2Sn. The van der Waals surface area contributed by atoms with E-state index in [1.165, 1.54) is 6.42 Å². The van der Waals surface area contributed by atoms with Gasteiger partial charge in [0.2, 0.25) is 0 Å². The van der Waals surface area contributed by atoms with Crippen LogP contribution in [0.2, 0.25) is 4.44 Å². The quantitative estimate of drug-likeness (QED) is 0.695. The average Bonchev–Trinajstić information content (AvgIpc) is 1.59. The van der Waals surface area contributed by atoms with Gasteiger partial charge in [-0.2, -0.15) is 0 Å². The third-order valence-corrected chi connectivity index (χ3v) is 8.64. The van der Waals surface area contributed by atoms with Crippen molar-refractivity contribution in [3.8, 4) is 0 Å². The van der Waals surface area contributed by atoms with Gasteiger partial charge in [-0.05, 0) is 0 Å². The van der Waals surface area contributed by atoms with Crippen LogP contribution in [0.1, 0.15) is 19.8 Å². The number of halogens is 3. The van der Waals surface area contributed by atoms with E-state index in [4.69, 9.17) is 17.8 Å². The van der Waals surface area contributed by atoms with Crippen LogP contribution in [0.15, 0.2) is 0 Å². The van der Waals surface area contributed by atoms with Crippen LogP contribution in [0.5, 0.6) is 0 Å². The first kappa shape index (κ1) is 9.86. The van der Waals surface area contributed by atoms with Crippen molar-refractivity contribution in [1.82, 2.24) is 0 Å². The minimum atomic E-state index is -2.55. The summed E-state index contributed by atoms with van der Waals surface area (Å²) in [6.07, 6.45) is 2.35. The second-order valence-electron chi connectivity index (χ2n) is 1.72. The fourth-order valence-corrected chi connectivity index (χ4v) is 6.20. The van der Waals surface area contributed by atoms with Gasteiger partial charge in [0.05, 0.1) is 0 Å². The third kappa shape index (κ3) is 7.86. The van der Waals surface area contributed by atoms with E-state index < -0.39 is 13.9 Å². The molecule has 0 rings (SSSR count). The van der Waals surface area contributed by atoms with E-state index in [1.54, 1.807) is 0 Å². The molecule has 50 valence electrons. The third-order valence-electron chi connectivity index (χ3n) is 0.814. The Hall–Kier alpha value is 1.86. The molecule has 0 heterocycles. The van der Waals surface area contributed by atoms with Crippen LogP contribution >= 0.6 is 30.5 Å². The molecule has 0 spiro atoms. The predicted octanol–water partition coefficient (Wildman–Crippen LogP) is 3.60. The number of rotatable bonds is 3. The Kier molecular flexibility index (Phi) is 5.72. The van der Waals surface area contributed by atoms with Crippen LogP contribution in [-0.4, -0.2) is 13.9 Å². The fourth-order valence-electron chi connectivity index (χ4n) is 0.377. The van der Waals surface area contributed by atoms with E-state index in [0.717, 1.165) is 10.9 Å². The minimum absolute atomic E-state index is 1.02. The molecule has 0 amide bonds. The SMILES string of the molecule is CCC[CH2][Sn]([Cl])([Cl])[Br]. The van der Waals surface area contributed by atoms with E-state index in [1.807, 2.05) is 0 Å². The maximum atomic E-state index is 5.80. The molecule has 8 heavy (non-hydrogen) atoms. The molecule has 0 aromatic carbocycles. The van der Waals surface area contributed by atoms with Gasteiger partial charge in [0, 0.05) is 0 Å². The Morgan fingerprint density at radius 3 is 2.12 bits per heavy atom. The summed E-state index contributed by atoms with van der Waals surface area (Å²) in [6.45, 7) is 2.14. The molecule has 0 aliphatic heterocycles. The van der Waals surface area contributed by atoms with Crippen molar-refractivity contribution >= 4 is 44.4 Å². The molecular weight excluding hydrogens is 318 g/mol. The van der Waals surface area contributed by atoms with Crippen LogP contribution in [0.25, 0.3) is 0 Å². The van der Waals surface area contributed by atoms with Gasteiger partial charge < -0.3 is 0 Å². The first-order valence-corrected chi connectivity index (χ1v) is 18.3. The second-order valence-corrected chi connectivity index (χ2v) is 31.8. The van der Waals surface area contributed by atoms with Crippen molar-refractivity contribution < 1.29 is 0 Å². The molecule has 0 saturated carbocycles. The van der Waals surface area contributed by atoms with Crippen molar-refractivity contribution in [3.05, 3.63) is 0 Å². The average molecular weight is 327 g/mol. The summed E-state index contributed by atoms with van der Waals surface area (Å²) in [4.78, 5) is 0. The monoisotopic (exact) mass is 326 g/mol. The standard InChI is InChI=1S/C4H9.BrH.2ClH.Sn/c1-3-4-2;;;;/h1,3-4H2,2H3;3*1H;/q;;;;+3/p-3. The van der Waals surface area contributed by atoms with Gasteiger partial charge in [-0.15, -0.1) is 0 Å². The van der Waals surface area contributed by atoms with Gasteiger partial charge in [0.25, 0.3) is 0 Å². The van der Waals surface area contributed by atoms with E-state index in [9.17, 15) is 0 Å². The van der Waals surface area contributed by atoms with Crippen LogP contribution in [-0.2, 0) is 0 Å². The zero-order valence-corrected chi connectivity index (χ0v) is 10.7. The van der Waals surface area contributed by atoms with Crippen molar-refractivity contribution in [2.24, 2.45) is 0 Å². The molecule has 0 saturated heterocycles. The van der Waals surface area contributed by atoms with E-state index >= 15 is 0 Å². The summed E-state index contributed by atoms with van der Waals surface area (Å²) in [5.41, 5.74) is 0. The molecule has 0 aliphatic rings. The van der Waals surface area contributed by atoms with Crippen molar-refractivity contribution in [2.45, 2.75) is 24.2 Å². The molecule has 0 radical (unpaired) electrons. The predicted molar refractivity (Wildman–Crippen MR) is 46.1 cm³/mol. The first-order valence-electron chi connectivity index (χ1n) is 2.63. The Morgan fingerprint density at radius 2 is 2.00 bits per heavy atom. The van der Waals surface area contributed by atoms with Crippen LogP contribution < -0.4 is 0 Å². The summed E-state index contributed by atoms with van der Waals surface area (Å²) in [7, 11) is 11.6. The maximum absolute atomic E-state index is 5.80. The number of hydrogen-bond acceptors (Lipinski definition) is 0. The van der Waals surface area contributed by atoms with Crippen LogP contribution in [0.3, 0.4) is 0 Å². The van der Waals surface area contributed by atoms with Crippen LogP contribution in [0, 0.1) is 0 Å².